The fourth-order valence-electron chi connectivity index (χ4n) is 2.89. The molecule has 0 saturated carbocycles. The van der Waals surface area contributed by atoms with Crippen molar-refractivity contribution < 1.29 is 4.79 Å². The predicted molar refractivity (Wildman–Crippen MR) is 83.9 cm³/mol. The molecule has 0 radical (unpaired) electrons. The first-order valence-electron chi connectivity index (χ1n) is 7.81. The van der Waals surface area contributed by atoms with Crippen molar-refractivity contribution in [3.8, 4) is 0 Å². The zero-order valence-electron chi connectivity index (χ0n) is 12.8. The average Bonchev–Trinajstić information content (AvgIpc) is 2.63. The molecule has 2 N–H and O–H groups in total. The molecule has 2 rings (SSSR count). The molecule has 3 nitrogen and oxygen atoms in total. The summed E-state index contributed by atoms with van der Waals surface area (Å²) >= 11 is 0. The number of carbonyl (C=O) groups excluding carboxylic acids is 1. The van der Waals surface area contributed by atoms with E-state index in [4.69, 9.17) is 0 Å². The van der Waals surface area contributed by atoms with Crippen LogP contribution in [0.3, 0.4) is 0 Å². The van der Waals surface area contributed by atoms with Gasteiger partial charge >= 0.3 is 0 Å². The van der Waals surface area contributed by atoms with Crippen LogP contribution in [0.5, 0.6) is 0 Å². The van der Waals surface area contributed by atoms with E-state index in [1.165, 1.54) is 11.1 Å². The van der Waals surface area contributed by atoms with Crippen LogP contribution in [0.4, 0.5) is 5.69 Å². The molecule has 3 heteroatoms. The molecule has 20 heavy (non-hydrogen) atoms. The lowest BCUT2D eigenvalue weighted by Gasteiger charge is -2.25. The van der Waals surface area contributed by atoms with Gasteiger partial charge in [-0.15, -0.1) is 0 Å². The molecule has 110 valence electrons. The Hall–Kier alpha value is -1.35. The Labute approximate surface area is 122 Å². The molecule has 0 bridgehead atoms. The van der Waals surface area contributed by atoms with Crippen molar-refractivity contribution in [3.05, 3.63) is 29.3 Å². The van der Waals surface area contributed by atoms with Crippen molar-refractivity contribution in [1.82, 2.24) is 5.32 Å². The highest BCUT2D eigenvalue weighted by Gasteiger charge is 2.19. The number of carbonyl (C=O) groups is 1. The molecule has 1 heterocycles. The van der Waals surface area contributed by atoms with Crippen molar-refractivity contribution in [1.29, 1.82) is 0 Å². The summed E-state index contributed by atoms with van der Waals surface area (Å²) in [5.41, 5.74) is 3.62. The summed E-state index contributed by atoms with van der Waals surface area (Å²) in [6.07, 6.45) is 3.72. The molecular formula is C17H26N2O. The minimum Gasteiger partial charge on any atom is -0.326 e. The van der Waals surface area contributed by atoms with Crippen LogP contribution in [0.25, 0.3) is 0 Å². The van der Waals surface area contributed by atoms with Gasteiger partial charge in [0.05, 0.1) is 0 Å². The van der Waals surface area contributed by atoms with Crippen LogP contribution in [-0.4, -0.2) is 12.5 Å². The predicted octanol–water partition coefficient (Wildman–Crippen LogP) is 3.66. The van der Waals surface area contributed by atoms with Crippen molar-refractivity contribution in [2.24, 2.45) is 5.92 Å². The Balaban J connectivity index is 2.28. The van der Waals surface area contributed by atoms with Crippen LogP contribution >= 0.6 is 0 Å². The van der Waals surface area contributed by atoms with Gasteiger partial charge in [-0.3, -0.25) is 4.79 Å². The van der Waals surface area contributed by atoms with E-state index in [0.717, 1.165) is 31.5 Å². The van der Waals surface area contributed by atoms with Gasteiger partial charge in [0, 0.05) is 18.2 Å². The van der Waals surface area contributed by atoms with Gasteiger partial charge in [-0.1, -0.05) is 39.3 Å². The average molecular weight is 274 g/mol. The van der Waals surface area contributed by atoms with Crippen molar-refractivity contribution in [3.63, 3.8) is 0 Å². The number of hydrogen-bond donors (Lipinski definition) is 2. The highest BCUT2D eigenvalue weighted by molar-refractivity contribution is 5.92. The van der Waals surface area contributed by atoms with E-state index in [1.54, 1.807) is 0 Å². The SMILES string of the molecule is CCNC(c1ccc2c(c1)CCCC(=O)N2)C(C)CC. The largest absolute Gasteiger partial charge is 0.326 e. The van der Waals surface area contributed by atoms with Crippen molar-refractivity contribution in [2.45, 2.75) is 52.5 Å². The maximum Gasteiger partial charge on any atom is 0.224 e. The Morgan fingerprint density at radius 1 is 1.30 bits per heavy atom. The number of anilines is 1. The molecule has 2 unspecified atom stereocenters. The minimum absolute atomic E-state index is 0.140. The lowest BCUT2D eigenvalue weighted by Crippen LogP contribution is -2.26. The Morgan fingerprint density at radius 3 is 2.80 bits per heavy atom. The van der Waals surface area contributed by atoms with E-state index in [9.17, 15) is 4.79 Å². The third-order valence-corrected chi connectivity index (χ3v) is 4.25. The third-order valence-electron chi connectivity index (χ3n) is 4.25. The van der Waals surface area contributed by atoms with Gasteiger partial charge < -0.3 is 10.6 Å². The number of benzene rings is 1. The fourth-order valence-corrected chi connectivity index (χ4v) is 2.89. The molecule has 0 aromatic heterocycles. The molecule has 1 aromatic rings. The number of rotatable bonds is 5. The van der Waals surface area contributed by atoms with Gasteiger partial charge in [-0.05, 0) is 42.5 Å². The van der Waals surface area contributed by atoms with Crippen LogP contribution in [-0.2, 0) is 11.2 Å². The van der Waals surface area contributed by atoms with Crippen LogP contribution in [0.2, 0.25) is 0 Å². The summed E-state index contributed by atoms with van der Waals surface area (Å²) in [6.45, 7) is 7.65. The van der Waals surface area contributed by atoms with Crippen LogP contribution in [0.15, 0.2) is 18.2 Å². The highest BCUT2D eigenvalue weighted by Crippen LogP contribution is 2.29. The summed E-state index contributed by atoms with van der Waals surface area (Å²) in [5.74, 6) is 0.745. The minimum atomic E-state index is 0.140. The first-order valence-corrected chi connectivity index (χ1v) is 7.81. The summed E-state index contributed by atoms with van der Waals surface area (Å²) in [4.78, 5) is 11.6. The zero-order valence-corrected chi connectivity index (χ0v) is 12.8. The van der Waals surface area contributed by atoms with Crippen LogP contribution < -0.4 is 10.6 Å². The fraction of sp³-hybridized carbons (Fsp3) is 0.588. The second-order valence-corrected chi connectivity index (χ2v) is 5.74. The highest BCUT2D eigenvalue weighted by atomic mass is 16.1. The molecule has 0 aliphatic carbocycles. The molecule has 0 spiro atoms. The molecule has 1 amide bonds. The summed E-state index contributed by atoms with van der Waals surface area (Å²) in [6, 6.07) is 6.90. The topological polar surface area (TPSA) is 41.1 Å². The summed E-state index contributed by atoms with van der Waals surface area (Å²) in [5, 5.41) is 6.60. The molecular weight excluding hydrogens is 248 g/mol. The molecule has 0 saturated heterocycles. The van der Waals surface area contributed by atoms with E-state index < -0.39 is 0 Å². The second-order valence-electron chi connectivity index (χ2n) is 5.74. The number of nitrogens with one attached hydrogen (secondary N) is 2. The quantitative estimate of drug-likeness (QED) is 0.860. The second kappa shape index (κ2) is 6.89. The van der Waals surface area contributed by atoms with Crippen molar-refractivity contribution >= 4 is 11.6 Å². The van der Waals surface area contributed by atoms with Crippen LogP contribution in [0, 0.1) is 5.92 Å². The zero-order chi connectivity index (χ0) is 14.5. The van der Waals surface area contributed by atoms with Gasteiger partial charge in [-0.25, -0.2) is 0 Å². The first-order chi connectivity index (χ1) is 9.65. The third kappa shape index (κ3) is 3.40. The van der Waals surface area contributed by atoms with Crippen molar-refractivity contribution in [2.75, 3.05) is 11.9 Å². The molecule has 2 atom stereocenters. The number of hydrogen-bond acceptors (Lipinski definition) is 2. The Bertz CT molecular complexity index is 470. The standard InChI is InChI=1S/C17H26N2O/c1-4-12(3)17(18-5-2)14-9-10-15-13(11-14)7-6-8-16(20)19-15/h9-12,17-18H,4-8H2,1-3H3,(H,19,20). The molecule has 1 aromatic carbocycles. The number of aryl methyl sites for hydroxylation is 1. The van der Waals surface area contributed by atoms with E-state index in [1.807, 2.05) is 0 Å². The van der Waals surface area contributed by atoms with E-state index in [0.29, 0.717) is 18.4 Å². The molecule has 1 aliphatic rings. The summed E-state index contributed by atoms with van der Waals surface area (Å²) < 4.78 is 0. The van der Waals surface area contributed by atoms with Gasteiger partial charge in [0.2, 0.25) is 5.91 Å². The monoisotopic (exact) mass is 274 g/mol. The van der Waals surface area contributed by atoms with Gasteiger partial charge in [-0.2, -0.15) is 0 Å². The summed E-state index contributed by atoms with van der Waals surface area (Å²) in [7, 11) is 0. The van der Waals surface area contributed by atoms with E-state index >= 15 is 0 Å². The smallest absolute Gasteiger partial charge is 0.224 e. The lowest BCUT2D eigenvalue weighted by atomic mass is 9.90. The maximum atomic E-state index is 11.6. The Morgan fingerprint density at radius 2 is 2.10 bits per heavy atom. The molecule has 0 fully saturated rings. The van der Waals surface area contributed by atoms with Gasteiger partial charge in [0.15, 0.2) is 0 Å². The van der Waals surface area contributed by atoms with Gasteiger partial charge in [0.25, 0.3) is 0 Å². The number of amides is 1. The Kier molecular flexibility index (Phi) is 5.18. The number of fused-ring (bicyclic) bond motifs is 1. The lowest BCUT2D eigenvalue weighted by molar-refractivity contribution is -0.116. The van der Waals surface area contributed by atoms with Crippen LogP contribution in [0.1, 0.15) is 57.2 Å². The first kappa shape index (κ1) is 15.0. The maximum absolute atomic E-state index is 11.6. The van der Waals surface area contributed by atoms with Gasteiger partial charge in [0.1, 0.15) is 0 Å². The van der Waals surface area contributed by atoms with E-state index in [-0.39, 0.29) is 5.91 Å². The molecule has 1 aliphatic heterocycles. The van der Waals surface area contributed by atoms with E-state index in [2.05, 4.69) is 49.6 Å². The normalized spacial score (nSPS) is 17.9.